The number of ether oxygens (including phenoxy) is 2. The molecule has 138 valence electrons. The van der Waals surface area contributed by atoms with Gasteiger partial charge in [0.25, 0.3) is 0 Å². The number of nitrogens with zero attached hydrogens (tertiary/aromatic N) is 2. The normalized spacial score (nSPS) is 16.4. The highest BCUT2D eigenvalue weighted by Crippen LogP contribution is 2.34. The first-order valence-corrected chi connectivity index (χ1v) is 9.04. The molecule has 0 saturated carbocycles. The molecule has 1 aromatic heterocycles. The second kappa shape index (κ2) is 7.53. The highest BCUT2D eigenvalue weighted by molar-refractivity contribution is 6.00. The molecule has 0 N–H and O–H groups in total. The van der Waals surface area contributed by atoms with Crippen molar-refractivity contribution in [2.45, 2.75) is 25.6 Å². The Bertz CT molecular complexity index is 1040. The number of hydrogen-bond acceptors (Lipinski definition) is 5. The number of ketones is 1. The lowest BCUT2D eigenvalue weighted by atomic mass is 10.00. The van der Waals surface area contributed by atoms with Crippen LogP contribution in [0.2, 0.25) is 0 Å². The van der Waals surface area contributed by atoms with Crippen LogP contribution in [0.5, 0.6) is 11.5 Å². The zero-order valence-electron chi connectivity index (χ0n) is 15.3. The fourth-order valence-corrected chi connectivity index (χ4v) is 3.27. The van der Waals surface area contributed by atoms with E-state index in [9.17, 15) is 4.79 Å². The Morgan fingerprint density at radius 3 is 2.54 bits per heavy atom. The fourth-order valence-electron chi connectivity index (χ4n) is 3.27. The van der Waals surface area contributed by atoms with Crippen LogP contribution < -0.4 is 9.47 Å². The average molecular weight is 370 g/mol. The van der Waals surface area contributed by atoms with Gasteiger partial charge in [-0.05, 0) is 54.4 Å². The number of benzene rings is 2. The Morgan fingerprint density at radius 2 is 1.82 bits per heavy atom. The number of pyridine rings is 1. The van der Waals surface area contributed by atoms with Crippen molar-refractivity contribution >= 4 is 5.78 Å². The van der Waals surface area contributed by atoms with Gasteiger partial charge in [0.05, 0.1) is 17.2 Å². The number of carbonyl (C=O) groups excluding carboxylic acids is 1. The number of carbonyl (C=O) groups is 1. The van der Waals surface area contributed by atoms with Crippen LogP contribution in [0.4, 0.5) is 0 Å². The Morgan fingerprint density at radius 1 is 1.11 bits per heavy atom. The van der Waals surface area contributed by atoms with Gasteiger partial charge in [-0.1, -0.05) is 12.1 Å². The van der Waals surface area contributed by atoms with E-state index in [1.54, 1.807) is 42.7 Å². The van der Waals surface area contributed by atoms with E-state index in [-0.39, 0.29) is 18.0 Å². The summed E-state index contributed by atoms with van der Waals surface area (Å²) in [6, 6.07) is 18.5. The minimum absolute atomic E-state index is 0.0816. The molecule has 1 aliphatic rings. The largest absolute Gasteiger partial charge is 0.489 e. The molecule has 0 saturated heterocycles. The third kappa shape index (κ3) is 3.58. The molecule has 28 heavy (non-hydrogen) atoms. The van der Waals surface area contributed by atoms with Gasteiger partial charge in [0.15, 0.2) is 5.78 Å². The lowest BCUT2D eigenvalue weighted by Gasteiger charge is -2.24. The number of aromatic nitrogens is 1. The molecule has 0 aliphatic carbocycles. The predicted molar refractivity (Wildman–Crippen MR) is 103 cm³/mol. The highest BCUT2D eigenvalue weighted by Gasteiger charge is 2.25. The molecule has 0 amide bonds. The molecule has 2 heterocycles. The first-order chi connectivity index (χ1) is 13.6. The maximum atomic E-state index is 12.2. The zero-order valence-corrected chi connectivity index (χ0v) is 15.3. The zero-order chi connectivity index (χ0) is 19.5. The maximum absolute atomic E-state index is 12.2. The van der Waals surface area contributed by atoms with Crippen molar-refractivity contribution in [1.82, 2.24) is 4.98 Å². The summed E-state index contributed by atoms with van der Waals surface area (Å²) < 4.78 is 12.1. The van der Waals surface area contributed by atoms with Crippen molar-refractivity contribution in [3.05, 3.63) is 89.2 Å². The van der Waals surface area contributed by atoms with E-state index < -0.39 is 0 Å². The van der Waals surface area contributed by atoms with Gasteiger partial charge in [0.1, 0.15) is 23.7 Å². The topological polar surface area (TPSA) is 72.2 Å². The van der Waals surface area contributed by atoms with Crippen molar-refractivity contribution in [2.24, 2.45) is 0 Å². The first kappa shape index (κ1) is 17.7. The minimum Gasteiger partial charge on any atom is -0.489 e. The second-order valence-corrected chi connectivity index (χ2v) is 6.73. The van der Waals surface area contributed by atoms with Crippen LogP contribution in [-0.4, -0.2) is 16.9 Å². The van der Waals surface area contributed by atoms with Crippen molar-refractivity contribution in [2.75, 3.05) is 0 Å². The summed E-state index contributed by atoms with van der Waals surface area (Å²) in [4.78, 5) is 16.3. The van der Waals surface area contributed by atoms with Crippen LogP contribution in [0.1, 0.15) is 46.5 Å². The van der Waals surface area contributed by atoms with E-state index in [1.807, 2.05) is 31.2 Å². The van der Waals surface area contributed by atoms with Crippen molar-refractivity contribution in [1.29, 1.82) is 5.26 Å². The molecule has 4 rings (SSSR count). The van der Waals surface area contributed by atoms with Gasteiger partial charge in [-0.25, -0.2) is 0 Å². The molecule has 2 atom stereocenters. The molecule has 0 radical (unpaired) electrons. The number of rotatable bonds is 4. The van der Waals surface area contributed by atoms with Crippen LogP contribution in [0.25, 0.3) is 0 Å². The van der Waals surface area contributed by atoms with Crippen LogP contribution in [0.15, 0.2) is 67.0 Å². The molecule has 3 aromatic rings. The Hall–Kier alpha value is -3.65. The molecule has 2 aromatic carbocycles. The Balaban J connectivity index is 1.69. The van der Waals surface area contributed by atoms with Crippen molar-refractivity contribution < 1.29 is 14.3 Å². The molecule has 5 heteroatoms. The third-order valence-corrected chi connectivity index (χ3v) is 4.66. The second-order valence-electron chi connectivity index (χ2n) is 6.73. The molecular formula is C23H18N2O3. The van der Waals surface area contributed by atoms with Gasteiger partial charge < -0.3 is 9.47 Å². The van der Waals surface area contributed by atoms with Gasteiger partial charge in [0, 0.05) is 24.9 Å². The van der Waals surface area contributed by atoms with Crippen LogP contribution >= 0.6 is 0 Å². The van der Waals surface area contributed by atoms with Gasteiger partial charge in [-0.3, -0.25) is 9.78 Å². The minimum atomic E-state index is -0.384. The Labute approximate surface area is 163 Å². The summed E-state index contributed by atoms with van der Waals surface area (Å²) in [6.45, 7) is 1.88. The number of nitriles is 1. The van der Waals surface area contributed by atoms with Crippen LogP contribution in [-0.2, 0) is 0 Å². The maximum Gasteiger partial charge on any atom is 0.170 e. The molecule has 1 aliphatic heterocycles. The lowest BCUT2D eigenvalue weighted by molar-refractivity contribution is 0.0870. The van der Waals surface area contributed by atoms with E-state index >= 15 is 0 Å². The van der Waals surface area contributed by atoms with Crippen molar-refractivity contribution in [3.8, 4) is 17.6 Å². The van der Waals surface area contributed by atoms with Gasteiger partial charge in [0.2, 0.25) is 0 Å². The van der Waals surface area contributed by atoms with E-state index in [2.05, 4.69) is 11.1 Å². The highest BCUT2D eigenvalue weighted by atomic mass is 16.5. The van der Waals surface area contributed by atoms with E-state index in [0.29, 0.717) is 29.0 Å². The monoisotopic (exact) mass is 370 g/mol. The van der Waals surface area contributed by atoms with Crippen LogP contribution in [0, 0.1) is 11.3 Å². The number of Topliss-reactive ketones (excluding diaryl/α,β-unsaturated/α-hetero) is 1. The smallest absolute Gasteiger partial charge is 0.170 e. The Kier molecular flexibility index (Phi) is 4.77. The summed E-state index contributed by atoms with van der Waals surface area (Å²) in [5.41, 5.74) is 3.02. The van der Waals surface area contributed by atoms with Crippen LogP contribution in [0.3, 0.4) is 0 Å². The van der Waals surface area contributed by atoms with E-state index in [4.69, 9.17) is 14.7 Å². The third-order valence-electron chi connectivity index (χ3n) is 4.66. The van der Waals surface area contributed by atoms with Gasteiger partial charge in [-0.2, -0.15) is 5.26 Å². The molecule has 0 spiro atoms. The van der Waals surface area contributed by atoms with Crippen molar-refractivity contribution in [3.63, 3.8) is 0 Å². The van der Waals surface area contributed by atoms with E-state index in [0.717, 1.165) is 11.1 Å². The predicted octanol–water partition coefficient (Wildman–Crippen LogP) is 4.48. The summed E-state index contributed by atoms with van der Waals surface area (Å²) in [7, 11) is 0. The molecule has 0 fully saturated rings. The van der Waals surface area contributed by atoms with Gasteiger partial charge >= 0.3 is 0 Å². The molecule has 0 bridgehead atoms. The lowest BCUT2D eigenvalue weighted by Crippen LogP contribution is -2.23. The quantitative estimate of drug-likeness (QED) is 0.677. The average Bonchev–Trinajstić information content (AvgIpc) is 2.72. The summed E-state index contributed by atoms with van der Waals surface area (Å²) in [6.07, 6.45) is 3.28. The van der Waals surface area contributed by atoms with Gasteiger partial charge in [-0.15, -0.1) is 0 Å². The number of fused-ring (bicyclic) bond motifs is 1. The standard InChI is InChI=1S/C23H18N2O3/c1-15-12-21(26)20-7-6-19(13-22(20)27-15)28-23(18-8-10-25-11-9-18)17-4-2-16(14-24)3-5-17/h2-11,13,15,23H,12H2,1H3/t15?,23-/m1/s1. The molecular weight excluding hydrogens is 352 g/mol. The fraction of sp³-hybridized carbons (Fsp3) is 0.174. The first-order valence-electron chi connectivity index (χ1n) is 9.04. The number of hydrogen-bond donors (Lipinski definition) is 0. The molecule has 5 nitrogen and oxygen atoms in total. The van der Waals surface area contributed by atoms with E-state index in [1.165, 1.54) is 0 Å². The molecule has 1 unspecified atom stereocenters. The SMILES string of the molecule is CC1CC(=O)c2ccc(O[C@@H](c3ccncc3)c3ccc(C#N)cc3)cc2O1. The summed E-state index contributed by atoms with van der Waals surface area (Å²) in [5, 5.41) is 9.04. The summed E-state index contributed by atoms with van der Waals surface area (Å²) >= 11 is 0. The summed E-state index contributed by atoms with van der Waals surface area (Å²) in [5.74, 6) is 1.24.